The summed E-state index contributed by atoms with van der Waals surface area (Å²) in [5.41, 5.74) is 6.61. The van der Waals surface area contributed by atoms with Gasteiger partial charge in [-0.15, -0.1) is 0 Å². The molecule has 0 aliphatic rings. The zero-order valence-corrected chi connectivity index (χ0v) is 12.6. The fraction of sp³-hybridized carbons (Fsp3) is 0.0625. The zero-order valence-electron chi connectivity index (χ0n) is 11.9. The second-order valence-corrected chi connectivity index (χ2v) is 4.95. The van der Waals surface area contributed by atoms with Gasteiger partial charge in [0.1, 0.15) is 6.07 Å². The molecule has 0 fully saturated rings. The maximum Gasteiger partial charge on any atom is 0.340 e. The number of carbonyl (C=O) groups is 2. The van der Waals surface area contributed by atoms with Crippen LogP contribution in [-0.2, 0) is 9.53 Å². The van der Waals surface area contributed by atoms with E-state index in [2.05, 4.69) is 5.32 Å². The lowest BCUT2D eigenvalue weighted by Gasteiger charge is -2.09. The Kier molecular flexibility index (Phi) is 5.18. The zero-order chi connectivity index (χ0) is 16.8. The van der Waals surface area contributed by atoms with Crippen LogP contribution in [0.5, 0.6) is 0 Å². The minimum atomic E-state index is -0.756. The molecule has 2 rings (SSSR count). The molecule has 0 radical (unpaired) electrons. The van der Waals surface area contributed by atoms with Crippen LogP contribution >= 0.6 is 11.6 Å². The van der Waals surface area contributed by atoms with E-state index >= 15 is 0 Å². The number of nitrogen functional groups attached to an aromatic ring is 1. The molecule has 2 aromatic rings. The van der Waals surface area contributed by atoms with Crippen LogP contribution in [0.2, 0.25) is 5.02 Å². The SMILES string of the molecule is N#Cc1ccccc1NC(=O)COC(=O)c1cc(Cl)ccc1N. The van der Waals surface area contributed by atoms with Gasteiger partial charge in [0.05, 0.1) is 16.8 Å². The normalized spacial score (nSPS) is 9.74. The molecule has 0 aliphatic carbocycles. The lowest BCUT2D eigenvalue weighted by molar-refractivity contribution is -0.119. The number of rotatable bonds is 4. The quantitative estimate of drug-likeness (QED) is 0.662. The number of para-hydroxylation sites is 1. The summed E-state index contributed by atoms with van der Waals surface area (Å²) in [7, 11) is 0. The Morgan fingerprint density at radius 1 is 1.26 bits per heavy atom. The van der Waals surface area contributed by atoms with Crippen molar-refractivity contribution < 1.29 is 14.3 Å². The molecular weight excluding hydrogens is 318 g/mol. The van der Waals surface area contributed by atoms with E-state index in [0.29, 0.717) is 16.3 Å². The number of nitrogens with two attached hydrogens (primary N) is 1. The highest BCUT2D eigenvalue weighted by atomic mass is 35.5. The van der Waals surface area contributed by atoms with Crippen molar-refractivity contribution in [3.63, 3.8) is 0 Å². The lowest BCUT2D eigenvalue weighted by Crippen LogP contribution is -2.21. The third-order valence-electron chi connectivity index (χ3n) is 2.89. The summed E-state index contributed by atoms with van der Waals surface area (Å²) >= 11 is 5.79. The molecule has 0 spiro atoms. The fourth-order valence-corrected chi connectivity index (χ4v) is 1.96. The van der Waals surface area contributed by atoms with Gasteiger partial charge in [0.15, 0.2) is 6.61 Å². The molecule has 0 aromatic heterocycles. The first-order valence-electron chi connectivity index (χ1n) is 6.52. The highest BCUT2D eigenvalue weighted by molar-refractivity contribution is 6.31. The standard InChI is InChI=1S/C16H12ClN3O3/c17-11-5-6-13(19)12(7-11)16(22)23-9-15(21)20-14-4-2-1-3-10(14)8-18/h1-7H,9,19H2,(H,20,21). The summed E-state index contributed by atoms with van der Waals surface area (Å²) in [6, 6.07) is 12.8. The Bertz CT molecular complexity index is 799. The third-order valence-corrected chi connectivity index (χ3v) is 3.13. The van der Waals surface area contributed by atoms with Crippen molar-refractivity contribution in [2.45, 2.75) is 0 Å². The number of benzene rings is 2. The van der Waals surface area contributed by atoms with Crippen molar-refractivity contribution in [2.24, 2.45) is 0 Å². The summed E-state index contributed by atoms with van der Waals surface area (Å²) < 4.78 is 4.90. The molecule has 23 heavy (non-hydrogen) atoms. The molecule has 6 nitrogen and oxygen atoms in total. The Labute approximate surface area is 137 Å². The molecule has 0 saturated heterocycles. The van der Waals surface area contributed by atoms with Gasteiger partial charge >= 0.3 is 5.97 Å². The number of nitrogens with zero attached hydrogens (tertiary/aromatic N) is 1. The molecule has 0 bridgehead atoms. The summed E-state index contributed by atoms with van der Waals surface area (Å²) in [5, 5.41) is 11.8. The van der Waals surface area contributed by atoms with Crippen molar-refractivity contribution in [1.82, 2.24) is 0 Å². The van der Waals surface area contributed by atoms with Crippen molar-refractivity contribution in [3.8, 4) is 6.07 Å². The van der Waals surface area contributed by atoms with Crippen molar-refractivity contribution >= 4 is 34.9 Å². The van der Waals surface area contributed by atoms with Crippen LogP contribution in [0.4, 0.5) is 11.4 Å². The van der Waals surface area contributed by atoms with Crippen LogP contribution in [-0.4, -0.2) is 18.5 Å². The minimum absolute atomic E-state index is 0.0859. The van der Waals surface area contributed by atoms with Gasteiger partial charge in [-0.2, -0.15) is 5.26 Å². The van der Waals surface area contributed by atoms with Crippen LogP contribution in [0.3, 0.4) is 0 Å². The van der Waals surface area contributed by atoms with Crippen molar-refractivity contribution in [1.29, 1.82) is 5.26 Å². The van der Waals surface area contributed by atoms with E-state index in [1.54, 1.807) is 30.3 Å². The van der Waals surface area contributed by atoms with E-state index in [1.165, 1.54) is 12.1 Å². The molecular formula is C16H12ClN3O3. The molecule has 0 heterocycles. The monoisotopic (exact) mass is 329 g/mol. The van der Waals surface area contributed by atoms with Gasteiger partial charge in [0, 0.05) is 10.7 Å². The van der Waals surface area contributed by atoms with Gasteiger partial charge in [0.2, 0.25) is 0 Å². The number of nitrogens with one attached hydrogen (secondary N) is 1. The number of ether oxygens (including phenoxy) is 1. The Balaban J connectivity index is 1.98. The fourth-order valence-electron chi connectivity index (χ4n) is 1.79. The first-order valence-corrected chi connectivity index (χ1v) is 6.90. The van der Waals surface area contributed by atoms with Gasteiger partial charge in [-0.25, -0.2) is 4.79 Å². The van der Waals surface area contributed by atoms with Crippen molar-refractivity contribution in [2.75, 3.05) is 17.7 Å². The van der Waals surface area contributed by atoms with E-state index in [-0.39, 0.29) is 11.3 Å². The number of hydrogen-bond acceptors (Lipinski definition) is 5. The molecule has 1 amide bonds. The number of nitriles is 1. The number of halogens is 1. The summed E-state index contributed by atoms with van der Waals surface area (Å²) in [6.07, 6.45) is 0. The maximum atomic E-state index is 11.9. The predicted octanol–water partition coefficient (Wildman–Crippen LogP) is 2.59. The highest BCUT2D eigenvalue weighted by Crippen LogP contribution is 2.19. The summed E-state index contributed by atoms with van der Waals surface area (Å²) in [4.78, 5) is 23.7. The Morgan fingerprint density at radius 3 is 2.74 bits per heavy atom. The van der Waals surface area contributed by atoms with Crippen LogP contribution in [0.1, 0.15) is 15.9 Å². The average molecular weight is 330 g/mol. The molecule has 0 atom stereocenters. The summed E-state index contributed by atoms with van der Waals surface area (Å²) in [5.74, 6) is -1.32. The van der Waals surface area contributed by atoms with Gasteiger partial charge < -0.3 is 15.8 Å². The average Bonchev–Trinajstić information content (AvgIpc) is 2.55. The second-order valence-electron chi connectivity index (χ2n) is 4.51. The first kappa shape index (κ1) is 16.3. The van der Waals surface area contributed by atoms with E-state index < -0.39 is 18.5 Å². The molecule has 3 N–H and O–H groups in total. The van der Waals surface area contributed by atoms with Crippen LogP contribution in [0, 0.1) is 11.3 Å². The smallest absolute Gasteiger partial charge is 0.340 e. The molecule has 0 saturated carbocycles. The van der Waals surface area contributed by atoms with Crippen LogP contribution < -0.4 is 11.1 Å². The third kappa shape index (κ3) is 4.22. The van der Waals surface area contributed by atoms with E-state index in [0.717, 1.165) is 0 Å². The number of anilines is 2. The molecule has 2 aromatic carbocycles. The highest BCUT2D eigenvalue weighted by Gasteiger charge is 2.14. The lowest BCUT2D eigenvalue weighted by atomic mass is 10.2. The molecule has 0 unspecified atom stereocenters. The minimum Gasteiger partial charge on any atom is -0.452 e. The van der Waals surface area contributed by atoms with Crippen LogP contribution in [0.15, 0.2) is 42.5 Å². The number of amides is 1. The topological polar surface area (TPSA) is 105 Å². The second kappa shape index (κ2) is 7.29. The van der Waals surface area contributed by atoms with Gasteiger partial charge in [0.25, 0.3) is 5.91 Å². The van der Waals surface area contributed by atoms with Crippen molar-refractivity contribution in [3.05, 3.63) is 58.6 Å². The number of carbonyl (C=O) groups excluding carboxylic acids is 2. The maximum absolute atomic E-state index is 11.9. The van der Waals surface area contributed by atoms with Gasteiger partial charge in [-0.1, -0.05) is 23.7 Å². The molecule has 0 aliphatic heterocycles. The van der Waals surface area contributed by atoms with Gasteiger partial charge in [-0.05, 0) is 30.3 Å². The van der Waals surface area contributed by atoms with Crippen LogP contribution in [0.25, 0.3) is 0 Å². The summed E-state index contributed by atoms with van der Waals surface area (Å²) in [6.45, 7) is -0.509. The van der Waals surface area contributed by atoms with E-state index in [4.69, 9.17) is 27.3 Å². The largest absolute Gasteiger partial charge is 0.452 e. The van der Waals surface area contributed by atoms with E-state index in [9.17, 15) is 9.59 Å². The number of esters is 1. The Hall–Kier alpha value is -3.04. The molecule has 7 heteroatoms. The van der Waals surface area contributed by atoms with E-state index in [1.807, 2.05) is 6.07 Å². The predicted molar refractivity (Wildman–Crippen MR) is 85.9 cm³/mol. The van der Waals surface area contributed by atoms with Gasteiger partial charge in [-0.3, -0.25) is 4.79 Å². The number of hydrogen-bond donors (Lipinski definition) is 2. The molecule has 116 valence electrons. The first-order chi connectivity index (χ1) is 11.0. The Morgan fingerprint density at radius 2 is 2.00 bits per heavy atom.